The molecule has 4 nitrogen and oxygen atoms in total. The number of aromatic nitrogens is 2. The van der Waals surface area contributed by atoms with Gasteiger partial charge in [0.15, 0.2) is 0 Å². The number of hydrogen-bond acceptors (Lipinski definition) is 2. The maximum atomic E-state index is 15.4. The van der Waals surface area contributed by atoms with Gasteiger partial charge in [-0.25, -0.2) is 0 Å². The molecule has 314 valence electrons. The Morgan fingerprint density at radius 3 is 1.41 bits per heavy atom. The maximum absolute atomic E-state index is 15.4. The zero-order valence-electron chi connectivity index (χ0n) is 35.8. The molecule has 0 bridgehead atoms. The van der Waals surface area contributed by atoms with Crippen molar-refractivity contribution in [1.29, 1.82) is 10.5 Å². The first-order valence-corrected chi connectivity index (χ1v) is 21.6. The van der Waals surface area contributed by atoms with Gasteiger partial charge in [0.2, 0.25) is 0 Å². The van der Waals surface area contributed by atoms with Crippen LogP contribution < -0.4 is 0 Å². The van der Waals surface area contributed by atoms with E-state index >= 15 is 13.2 Å². The molecule has 2 heterocycles. The van der Waals surface area contributed by atoms with E-state index in [1.165, 1.54) is 12.1 Å². The second-order valence-corrected chi connectivity index (χ2v) is 16.8. The van der Waals surface area contributed by atoms with Crippen LogP contribution in [0.4, 0.5) is 13.2 Å². The SMILES string of the molecule is Cc1ccc(-c2ccc3c(c2)c2ccccc2n3-c2cccc(C#N)c2-c2c(-c3ccc(C#N)cc3C(F)(F)F)cccc2-n2c3ccccc3c3cc(-c4ccc(C)cc4)ccc32)cc1. The Bertz CT molecular complexity index is 3840. The lowest BCUT2D eigenvalue weighted by atomic mass is 9.86. The van der Waals surface area contributed by atoms with Crippen molar-refractivity contribution in [2.24, 2.45) is 0 Å². The van der Waals surface area contributed by atoms with Crippen LogP contribution in [-0.2, 0) is 6.18 Å². The summed E-state index contributed by atoms with van der Waals surface area (Å²) in [5.74, 6) is 0. The van der Waals surface area contributed by atoms with Gasteiger partial charge in [-0.15, -0.1) is 0 Å². The van der Waals surface area contributed by atoms with E-state index in [-0.39, 0.29) is 22.3 Å². The molecule has 0 N–H and O–H groups in total. The molecule has 0 unspecified atom stereocenters. The van der Waals surface area contributed by atoms with Gasteiger partial charge in [0, 0.05) is 32.7 Å². The van der Waals surface area contributed by atoms with E-state index in [2.05, 4.69) is 126 Å². The number of halogens is 3. The first kappa shape index (κ1) is 40.1. The predicted octanol–water partition coefficient (Wildman–Crippen LogP) is 15.9. The summed E-state index contributed by atoms with van der Waals surface area (Å²) >= 11 is 0. The van der Waals surface area contributed by atoms with E-state index in [9.17, 15) is 10.5 Å². The van der Waals surface area contributed by atoms with Gasteiger partial charge in [0.25, 0.3) is 0 Å². The van der Waals surface area contributed by atoms with Crippen LogP contribution in [0.1, 0.15) is 27.8 Å². The summed E-state index contributed by atoms with van der Waals surface area (Å²) in [6.45, 7) is 4.12. The van der Waals surface area contributed by atoms with Gasteiger partial charge in [-0.3, -0.25) is 0 Å². The Hall–Kier alpha value is -8.65. The van der Waals surface area contributed by atoms with Crippen molar-refractivity contribution in [1.82, 2.24) is 9.13 Å². The third-order valence-corrected chi connectivity index (χ3v) is 12.8. The Morgan fingerprint density at radius 1 is 0.409 bits per heavy atom. The lowest BCUT2D eigenvalue weighted by Crippen LogP contribution is -2.09. The van der Waals surface area contributed by atoms with Gasteiger partial charge in [0.1, 0.15) is 0 Å². The van der Waals surface area contributed by atoms with Crippen LogP contribution in [0.5, 0.6) is 0 Å². The van der Waals surface area contributed by atoms with E-state index in [1.54, 1.807) is 18.2 Å². The van der Waals surface area contributed by atoms with Crippen LogP contribution in [0.25, 0.3) is 99.5 Å². The molecular formula is C59H37F3N4. The summed E-state index contributed by atoms with van der Waals surface area (Å²) in [6, 6.07) is 64.5. The molecule has 0 saturated carbocycles. The number of para-hydroxylation sites is 2. The zero-order chi connectivity index (χ0) is 45.3. The standard InChI is InChI=1S/C59H37F3N4/c1-36-17-22-39(23-18-36)41-26-29-53-48(32-41)45-10-3-5-13-51(45)65(53)55-15-7-9-43(35-64)57(55)58-47(44-28-21-38(34-63)31-50(44)59(60,61)62)12-8-16-56(58)66-52-14-6-4-11-46(52)49-33-42(27-30-54(49)66)40-24-19-37(2)20-25-40/h3-33H,1-2H3. The first-order valence-electron chi connectivity index (χ1n) is 21.6. The number of nitrogens with zero attached hydrogens (tertiary/aromatic N) is 4. The average molecular weight is 859 g/mol. The van der Waals surface area contributed by atoms with Crippen molar-refractivity contribution < 1.29 is 13.2 Å². The van der Waals surface area contributed by atoms with Crippen LogP contribution in [0, 0.1) is 36.5 Å². The molecule has 11 aromatic rings. The van der Waals surface area contributed by atoms with Gasteiger partial charge < -0.3 is 9.13 Å². The van der Waals surface area contributed by atoms with E-state index in [0.29, 0.717) is 22.5 Å². The van der Waals surface area contributed by atoms with Gasteiger partial charge in [-0.2, -0.15) is 23.7 Å². The fourth-order valence-electron chi connectivity index (χ4n) is 9.70. The number of nitriles is 2. The molecule has 7 heteroatoms. The van der Waals surface area contributed by atoms with Crippen LogP contribution in [0.2, 0.25) is 0 Å². The number of fused-ring (bicyclic) bond motifs is 6. The van der Waals surface area contributed by atoms with Crippen LogP contribution in [-0.4, -0.2) is 9.13 Å². The average Bonchev–Trinajstić information content (AvgIpc) is 3.85. The predicted molar refractivity (Wildman–Crippen MR) is 261 cm³/mol. The molecule has 0 saturated heterocycles. The van der Waals surface area contributed by atoms with E-state index in [1.807, 2.05) is 60.7 Å². The lowest BCUT2D eigenvalue weighted by Gasteiger charge is -2.24. The maximum Gasteiger partial charge on any atom is 0.417 e. The highest BCUT2D eigenvalue weighted by Crippen LogP contribution is 2.49. The summed E-state index contributed by atoms with van der Waals surface area (Å²) in [5, 5.41) is 24.9. The Morgan fingerprint density at radius 2 is 0.894 bits per heavy atom. The Balaban J connectivity index is 1.27. The molecule has 0 aliphatic carbocycles. The van der Waals surface area contributed by atoms with Crippen LogP contribution in [0.3, 0.4) is 0 Å². The van der Waals surface area contributed by atoms with E-state index in [4.69, 9.17) is 0 Å². The second-order valence-electron chi connectivity index (χ2n) is 16.8. The molecule has 2 aromatic heterocycles. The Kier molecular flexibility index (Phi) is 9.46. The van der Waals surface area contributed by atoms with Crippen LogP contribution in [0.15, 0.2) is 188 Å². The number of hydrogen-bond donors (Lipinski definition) is 0. The molecule has 66 heavy (non-hydrogen) atoms. The minimum absolute atomic E-state index is 0.107. The summed E-state index contributed by atoms with van der Waals surface area (Å²) in [6.07, 6.45) is -4.81. The van der Waals surface area contributed by atoms with Gasteiger partial charge in [-0.1, -0.05) is 132 Å². The number of aryl methyl sites for hydroxylation is 2. The topological polar surface area (TPSA) is 57.4 Å². The zero-order valence-corrected chi connectivity index (χ0v) is 35.8. The van der Waals surface area contributed by atoms with Crippen molar-refractivity contribution >= 4 is 43.6 Å². The second kappa shape index (κ2) is 15.6. The number of benzene rings is 9. The molecule has 0 radical (unpaired) electrons. The summed E-state index contributed by atoms with van der Waals surface area (Å²) in [5.41, 5.74) is 11.5. The van der Waals surface area contributed by atoms with Gasteiger partial charge in [0.05, 0.1) is 62.3 Å². The molecule has 9 aromatic carbocycles. The minimum Gasteiger partial charge on any atom is -0.309 e. The lowest BCUT2D eigenvalue weighted by molar-refractivity contribution is -0.137. The van der Waals surface area contributed by atoms with Gasteiger partial charge in [-0.05, 0) is 114 Å². The quantitative estimate of drug-likeness (QED) is 0.167. The summed E-state index contributed by atoms with van der Waals surface area (Å²) < 4.78 is 50.4. The molecule has 0 atom stereocenters. The highest BCUT2D eigenvalue weighted by atomic mass is 19.4. The summed E-state index contributed by atoms with van der Waals surface area (Å²) in [7, 11) is 0. The molecule has 0 aliphatic heterocycles. The molecular weight excluding hydrogens is 822 g/mol. The van der Waals surface area contributed by atoms with Crippen molar-refractivity contribution in [2.45, 2.75) is 20.0 Å². The third-order valence-electron chi connectivity index (χ3n) is 12.8. The molecule has 0 aliphatic rings. The highest BCUT2D eigenvalue weighted by molar-refractivity contribution is 6.13. The fraction of sp³-hybridized carbons (Fsp3) is 0.0508. The third kappa shape index (κ3) is 6.52. The number of rotatable bonds is 6. The summed E-state index contributed by atoms with van der Waals surface area (Å²) in [4.78, 5) is 0. The van der Waals surface area contributed by atoms with Crippen LogP contribution >= 0.6 is 0 Å². The normalized spacial score (nSPS) is 11.7. The van der Waals surface area contributed by atoms with E-state index < -0.39 is 11.7 Å². The molecule has 11 rings (SSSR count). The molecule has 0 spiro atoms. The minimum atomic E-state index is -4.81. The van der Waals surface area contributed by atoms with Crippen molar-refractivity contribution in [3.05, 3.63) is 216 Å². The highest BCUT2D eigenvalue weighted by Gasteiger charge is 2.36. The van der Waals surface area contributed by atoms with Gasteiger partial charge >= 0.3 is 6.18 Å². The number of alkyl halides is 3. The van der Waals surface area contributed by atoms with Crippen molar-refractivity contribution in [3.63, 3.8) is 0 Å². The molecule has 0 fully saturated rings. The van der Waals surface area contributed by atoms with Crippen molar-refractivity contribution in [2.75, 3.05) is 0 Å². The monoisotopic (exact) mass is 858 g/mol. The van der Waals surface area contributed by atoms with Crippen molar-refractivity contribution in [3.8, 4) is 68.0 Å². The first-order chi connectivity index (χ1) is 32.1. The smallest absolute Gasteiger partial charge is 0.309 e. The Labute approximate surface area is 378 Å². The fourth-order valence-corrected chi connectivity index (χ4v) is 9.70. The molecule has 0 amide bonds. The van der Waals surface area contributed by atoms with E-state index in [0.717, 1.165) is 83.1 Å². The largest absolute Gasteiger partial charge is 0.417 e.